The van der Waals surface area contributed by atoms with Crippen molar-refractivity contribution in [1.82, 2.24) is 0 Å². The Morgan fingerprint density at radius 3 is 2.35 bits per heavy atom. The van der Waals surface area contributed by atoms with Gasteiger partial charge in [-0.2, -0.15) is 13.2 Å². The van der Waals surface area contributed by atoms with E-state index in [1.807, 2.05) is 0 Å². The number of anilines is 1. The van der Waals surface area contributed by atoms with Crippen molar-refractivity contribution < 1.29 is 22.7 Å². The number of halogens is 6. The Morgan fingerprint density at radius 1 is 1.35 bits per heavy atom. The van der Waals surface area contributed by atoms with Crippen molar-refractivity contribution in [3.05, 3.63) is 20.0 Å². The lowest BCUT2D eigenvalue weighted by molar-refractivity contribution is -0.189. The van der Waals surface area contributed by atoms with E-state index in [9.17, 15) is 18.0 Å². The first-order chi connectivity index (χ1) is 7.64. The zero-order valence-electron chi connectivity index (χ0n) is 7.74. The summed E-state index contributed by atoms with van der Waals surface area (Å²) >= 11 is 11.6. The summed E-state index contributed by atoms with van der Waals surface area (Å²) < 4.78 is 40.6. The van der Waals surface area contributed by atoms with Crippen LogP contribution in [-0.4, -0.2) is 12.1 Å². The highest BCUT2D eigenvalue weighted by Gasteiger charge is 2.42. The molecule has 0 unspecified atom stereocenters. The number of benzene rings is 1. The third-order valence-electron chi connectivity index (χ3n) is 1.59. The molecule has 94 valence electrons. The van der Waals surface area contributed by atoms with Crippen LogP contribution in [0, 0.1) is 0 Å². The molecule has 2 N–H and O–H groups in total. The quantitative estimate of drug-likeness (QED) is 0.444. The monoisotopic (exact) mass is 395 g/mol. The molecule has 0 fully saturated rings. The minimum atomic E-state index is -5.11. The Balaban J connectivity index is 3.17. The third kappa shape index (κ3) is 3.26. The van der Waals surface area contributed by atoms with Crippen LogP contribution in [-0.2, 0) is 4.79 Å². The molecule has 3 nitrogen and oxygen atoms in total. The Labute approximate surface area is 115 Å². The molecule has 0 aromatic heterocycles. The molecule has 0 amide bonds. The van der Waals surface area contributed by atoms with Gasteiger partial charge in [0.05, 0.1) is 10.2 Å². The number of nitrogens with two attached hydrogens (primary N) is 1. The first-order valence-corrected chi connectivity index (χ1v) is 5.83. The maximum Gasteiger partial charge on any atom is 0.491 e. The number of nitrogen functional groups attached to an aromatic ring is 1. The van der Waals surface area contributed by atoms with Crippen LogP contribution in [0.1, 0.15) is 0 Å². The van der Waals surface area contributed by atoms with Crippen LogP contribution in [0.4, 0.5) is 18.9 Å². The summed E-state index contributed by atoms with van der Waals surface area (Å²) in [6.45, 7) is 0. The van der Waals surface area contributed by atoms with Crippen molar-refractivity contribution in [2.24, 2.45) is 0 Å². The Hall–Kier alpha value is -0.470. The number of hydrogen-bond acceptors (Lipinski definition) is 3. The molecule has 0 radical (unpaired) electrons. The smallest absolute Gasteiger partial charge is 0.417 e. The minimum absolute atomic E-state index is 0.0279. The van der Waals surface area contributed by atoms with Gasteiger partial charge in [-0.05, 0) is 37.9 Å². The maximum absolute atomic E-state index is 12.0. The van der Waals surface area contributed by atoms with Crippen molar-refractivity contribution in [2.45, 2.75) is 6.18 Å². The van der Waals surface area contributed by atoms with E-state index < -0.39 is 17.9 Å². The van der Waals surface area contributed by atoms with Gasteiger partial charge in [0.2, 0.25) is 0 Å². The van der Waals surface area contributed by atoms with Gasteiger partial charge in [0.15, 0.2) is 5.75 Å². The fourth-order valence-corrected chi connectivity index (χ4v) is 2.54. The van der Waals surface area contributed by atoms with E-state index in [4.69, 9.17) is 17.3 Å². The lowest BCUT2D eigenvalue weighted by Gasteiger charge is -2.12. The molecular formula is C8H3Br2ClF3NO2. The second kappa shape index (κ2) is 5.03. The highest BCUT2D eigenvalue weighted by molar-refractivity contribution is 9.11. The van der Waals surface area contributed by atoms with Gasteiger partial charge in [-0.3, -0.25) is 0 Å². The number of carbonyl (C=O) groups excluding carboxylic acids is 1. The van der Waals surface area contributed by atoms with Crippen LogP contribution in [0.2, 0.25) is 5.02 Å². The van der Waals surface area contributed by atoms with Crippen LogP contribution >= 0.6 is 43.5 Å². The molecule has 0 aliphatic rings. The van der Waals surface area contributed by atoms with Gasteiger partial charge in [-0.1, -0.05) is 11.6 Å². The second-order valence-corrected chi connectivity index (χ2v) is 4.87. The van der Waals surface area contributed by atoms with E-state index in [1.54, 1.807) is 0 Å². The Kier molecular flexibility index (Phi) is 4.32. The molecular weight excluding hydrogens is 394 g/mol. The van der Waals surface area contributed by atoms with Gasteiger partial charge < -0.3 is 10.5 Å². The van der Waals surface area contributed by atoms with E-state index in [-0.39, 0.29) is 15.2 Å². The summed E-state index contributed by atoms with van der Waals surface area (Å²) in [4.78, 5) is 10.7. The summed E-state index contributed by atoms with van der Waals surface area (Å²) in [5.74, 6) is -2.85. The second-order valence-electron chi connectivity index (χ2n) is 2.78. The molecule has 0 aliphatic carbocycles. The topological polar surface area (TPSA) is 52.3 Å². The fourth-order valence-electron chi connectivity index (χ4n) is 0.831. The molecule has 9 heteroatoms. The molecule has 0 bridgehead atoms. The van der Waals surface area contributed by atoms with Crippen molar-refractivity contribution in [3.8, 4) is 5.75 Å². The van der Waals surface area contributed by atoms with Gasteiger partial charge in [-0.15, -0.1) is 0 Å². The average Bonchev–Trinajstić information content (AvgIpc) is 2.19. The van der Waals surface area contributed by atoms with Crippen molar-refractivity contribution in [3.63, 3.8) is 0 Å². The van der Waals surface area contributed by atoms with Gasteiger partial charge in [-0.25, -0.2) is 4.79 Å². The molecule has 0 saturated heterocycles. The van der Waals surface area contributed by atoms with Gasteiger partial charge in [0, 0.05) is 4.47 Å². The van der Waals surface area contributed by atoms with E-state index in [0.717, 1.165) is 0 Å². The maximum atomic E-state index is 12.0. The highest BCUT2D eigenvalue weighted by Crippen LogP contribution is 2.42. The Morgan fingerprint density at radius 2 is 1.88 bits per heavy atom. The minimum Gasteiger partial charge on any atom is -0.417 e. The lowest BCUT2D eigenvalue weighted by atomic mass is 10.3. The van der Waals surface area contributed by atoms with Crippen LogP contribution in [0.25, 0.3) is 0 Å². The van der Waals surface area contributed by atoms with E-state index in [1.165, 1.54) is 6.07 Å². The molecule has 0 spiro atoms. The number of hydrogen-bond donors (Lipinski definition) is 1. The summed E-state index contributed by atoms with van der Waals surface area (Å²) in [6.07, 6.45) is -5.11. The number of esters is 1. The summed E-state index contributed by atoms with van der Waals surface area (Å²) in [5, 5.41) is -0.288. The van der Waals surface area contributed by atoms with Gasteiger partial charge in [0.25, 0.3) is 0 Å². The molecule has 17 heavy (non-hydrogen) atoms. The summed E-state index contributed by atoms with van der Waals surface area (Å²) in [5.41, 5.74) is 5.44. The standard InChI is InChI=1S/C8H3Br2ClF3NO2/c9-2-1-3(10)6(4(11)5(2)15)17-7(16)8(12,13)14/h1H,15H2. The van der Waals surface area contributed by atoms with Crippen molar-refractivity contribution >= 4 is 55.1 Å². The highest BCUT2D eigenvalue weighted by atomic mass is 79.9. The predicted octanol–water partition coefficient (Wildman–Crippen LogP) is 3.91. The van der Waals surface area contributed by atoms with Crippen molar-refractivity contribution in [2.75, 3.05) is 5.73 Å². The fraction of sp³-hybridized carbons (Fsp3) is 0.125. The molecule has 1 aromatic rings. The first-order valence-electron chi connectivity index (χ1n) is 3.86. The number of alkyl halides is 3. The molecule has 0 heterocycles. The van der Waals surface area contributed by atoms with Crippen molar-refractivity contribution in [1.29, 1.82) is 0 Å². The van der Waals surface area contributed by atoms with Crippen LogP contribution in [0.15, 0.2) is 15.0 Å². The summed E-state index contributed by atoms with van der Waals surface area (Å²) in [6, 6.07) is 1.32. The average molecular weight is 397 g/mol. The van der Waals surface area contributed by atoms with E-state index >= 15 is 0 Å². The van der Waals surface area contributed by atoms with E-state index in [0.29, 0.717) is 4.47 Å². The van der Waals surface area contributed by atoms with Gasteiger partial charge in [0.1, 0.15) is 5.02 Å². The lowest BCUT2D eigenvalue weighted by Crippen LogP contribution is -2.28. The van der Waals surface area contributed by atoms with Gasteiger partial charge >= 0.3 is 12.1 Å². The molecule has 0 atom stereocenters. The van der Waals surface area contributed by atoms with Crippen LogP contribution < -0.4 is 10.5 Å². The molecule has 1 rings (SSSR count). The van der Waals surface area contributed by atoms with Crippen LogP contribution in [0.5, 0.6) is 5.75 Å². The largest absolute Gasteiger partial charge is 0.491 e. The molecule has 0 saturated carbocycles. The zero-order valence-corrected chi connectivity index (χ0v) is 11.7. The number of rotatable bonds is 1. The third-order valence-corrected chi connectivity index (χ3v) is 3.21. The number of ether oxygens (including phenoxy) is 1. The van der Waals surface area contributed by atoms with E-state index in [2.05, 4.69) is 36.6 Å². The summed E-state index contributed by atoms with van der Waals surface area (Å²) in [7, 11) is 0. The Bertz CT molecular complexity index is 479. The molecule has 1 aromatic carbocycles. The zero-order chi connectivity index (χ0) is 13.4. The van der Waals surface area contributed by atoms with Crippen LogP contribution in [0.3, 0.4) is 0 Å². The number of carbonyl (C=O) groups is 1. The predicted molar refractivity (Wildman–Crippen MR) is 63.0 cm³/mol. The normalized spacial score (nSPS) is 11.4. The SMILES string of the molecule is Nc1c(Br)cc(Br)c(OC(=O)C(F)(F)F)c1Cl. The molecule has 0 aliphatic heterocycles. The first kappa shape index (κ1) is 14.6.